The SMILES string of the molecule is Cc1oc(C(C)(C)C)cc1CN1CCOC(c2cnn(C)c2)C1. The fourth-order valence-corrected chi connectivity index (χ4v) is 2.94. The van der Waals surface area contributed by atoms with Crippen molar-refractivity contribution in [2.24, 2.45) is 7.05 Å². The highest BCUT2D eigenvalue weighted by molar-refractivity contribution is 5.24. The second-order valence-corrected chi connectivity index (χ2v) is 7.48. The van der Waals surface area contributed by atoms with Gasteiger partial charge in [-0.2, -0.15) is 5.10 Å². The van der Waals surface area contributed by atoms with Gasteiger partial charge in [0.15, 0.2) is 0 Å². The van der Waals surface area contributed by atoms with Gasteiger partial charge in [0.1, 0.15) is 11.5 Å². The molecule has 0 N–H and O–H groups in total. The Hall–Kier alpha value is -1.59. The Bertz CT molecular complexity index is 666. The predicted molar refractivity (Wildman–Crippen MR) is 89.3 cm³/mol. The van der Waals surface area contributed by atoms with Crippen molar-refractivity contribution in [3.8, 4) is 0 Å². The normalized spacial score (nSPS) is 20.1. The molecule has 1 atom stereocenters. The van der Waals surface area contributed by atoms with Gasteiger partial charge >= 0.3 is 0 Å². The molecule has 1 fully saturated rings. The molecule has 3 rings (SSSR count). The summed E-state index contributed by atoms with van der Waals surface area (Å²) in [5, 5.41) is 4.25. The highest BCUT2D eigenvalue weighted by atomic mass is 16.5. The third-order valence-electron chi connectivity index (χ3n) is 4.40. The van der Waals surface area contributed by atoms with Gasteiger partial charge in [-0.05, 0) is 13.0 Å². The monoisotopic (exact) mass is 317 g/mol. The molecule has 0 saturated carbocycles. The molecule has 0 amide bonds. The van der Waals surface area contributed by atoms with Crippen LogP contribution < -0.4 is 0 Å². The molecule has 1 aliphatic rings. The van der Waals surface area contributed by atoms with Crippen LogP contribution in [0, 0.1) is 6.92 Å². The average Bonchev–Trinajstić information content (AvgIpc) is 3.06. The van der Waals surface area contributed by atoms with Crippen molar-refractivity contribution in [1.82, 2.24) is 14.7 Å². The second kappa shape index (κ2) is 6.13. The Morgan fingerprint density at radius 1 is 1.35 bits per heavy atom. The molecule has 1 aliphatic heterocycles. The first-order chi connectivity index (χ1) is 10.8. The van der Waals surface area contributed by atoms with Crippen molar-refractivity contribution < 1.29 is 9.15 Å². The molecule has 2 aromatic rings. The van der Waals surface area contributed by atoms with Crippen molar-refractivity contribution in [1.29, 1.82) is 0 Å². The van der Waals surface area contributed by atoms with E-state index < -0.39 is 0 Å². The summed E-state index contributed by atoms with van der Waals surface area (Å²) in [6.07, 6.45) is 4.04. The summed E-state index contributed by atoms with van der Waals surface area (Å²) in [6.45, 7) is 12.1. The molecule has 2 aromatic heterocycles. The quantitative estimate of drug-likeness (QED) is 0.872. The van der Waals surface area contributed by atoms with E-state index in [1.807, 2.05) is 24.1 Å². The minimum Gasteiger partial charge on any atom is -0.465 e. The third-order valence-corrected chi connectivity index (χ3v) is 4.40. The number of rotatable bonds is 3. The van der Waals surface area contributed by atoms with Crippen molar-refractivity contribution in [2.75, 3.05) is 19.7 Å². The van der Waals surface area contributed by atoms with E-state index in [1.54, 1.807) is 0 Å². The van der Waals surface area contributed by atoms with Crippen LogP contribution >= 0.6 is 0 Å². The van der Waals surface area contributed by atoms with Gasteiger partial charge in [0.2, 0.25) is 0 Å². The highest BCUT2D eigenvalue weighted by Gasteiger charge is 2.25. The number of hydrogen-bond donors (Lipinski definition) is 0. The molecule has 1 saturated heterocycles. The summed E-state index contributed by atoms with van der Waals surface area (Å²) in [6, 6.07) is 2.21. The summed E-state index contributed by atoms with van der Waals surface area (Å²) in [5.41, 5.74) is 2.48. The van der Waals surface area contributed by atoms with Gasteiger partial charge in [-0.1, -0.05) is 20.8 Å². The van der Waals surface area contributed by atoms with E-state index in [9.17, 15) is 0 Å². The van der Waals surface area contributed by atoms with Gasteiger partial charge in [-0.15, -0.1) is 0 Å². The van der Waals surface area contributed by atoms with Crippen molar-refractivity contribution in [3.05, 3.63) is 41.1 Å². The van der Waals surface area contributed by atoms with Crippen LogP contribution in [0.5, 0.6) is 0 Å². The Labute approximate surface area is 138 Å². The maximum atomic E-state index is 5.96. The molecule has 5 nitrogen and oxygen atoms in total. The van der Waals surface area contributed by atoms with Gasteiger partial charge in [0, 0.05) is 49.4 Å². The molecule has 0 aliphatic carbocycles. The minimum atomic E-state index is 0.0479. The topological polar surface area (TPSA) is 43.4 Å². The smallest absolute Gasteiger partial charge is 0.109 e. The van der Waals surface area contributed by atoms with Crippen LogP contribution in [0.3, 0.4) is 0 Å². The summed E-state index contributed by atoms with van der Waals surface area (Å²) in [4.78, 5) is 2.44. The van der Waals surface area contributed by atoms with Crippen LogP contribution in [0.25, 0.3) is 0 Å². The molecule has 0 bridgehead atoms. The fourth-order valence-electron chi connectivity index (χ4n) is 2.94. The van der Waals surface area contributed by atoms with E-state index in [1.165, 1.54) is 5.56 Å². The first-order valence-electron chi connectivity index (χ1n) is 8.25. The summed E-state index contributed by atoms with van der Waals surface area (Å²) in [5.74, 6) is 2.08. The molecule has 5 heteroatoms. The van der Waals surface area contributed by atoms with E-state index in [0.29, 0.717) is 0 Å². The molecule has 0 spiro atoms. The Morgan fingerprint density at radius 2 is 2.13 bits per heavy atom. The number of hydrogen-bond acceptors (Lipinski definition) is 4. The number of ether oxygens (including phenoxy) is 1. The number of aromatic nitrogens is 2. The predicted octanol–water partition coefficient (Wildman–Crippen LogP) is 3.19. The number of furan rings is 1. The second-order valence-electron chi connectivity index (χ2n) is 7.48. The Balaban J connectivity index is 1.69. The minimum absolute atomic E-state index is 0.0479. The lowest BCUT2D eigenvalue weighted by Crippen LogP contribution is -2.37. The van der Waals surface area contributed by atoms with Crippen molar-refractivity contribution in [2.45, 2.75) is 45.8 Å². The summed E-state index contributed by atoms with van der Waals surface area (Å²) >= 11 is 0. The van der Waals surface area contributed by atoms with E-state index in [-0.39, 0.29) is 11.5 Å². The number of aryl methyl sites for hydroxylation is 2. The largest absolute Gasteiger partial charge is 0.465 e. The molecule has 0 radical (unpaired) electrons. The van der Waals surface area contributed by atoms with Crippen LogP contribution in [-0.4, -0.2) is 34.4 Å². The van der Waals surface area contributed by atoms with Crippen molar-refractivity contribution >= 4 is 0 Å². The van der Waals surface area contributed by atoms with E-state index >= 15 is 0 Å². The van der Waals surface area contributed by atoms with Crippen LogP contribution in [-0.2, 0) is 23.7 Å². The first kappa shape index (κ1) is 16.3. The van der Waals surface area contributed by atoms with Crippen LogP contribution in [0.4, 0.5) is 0 Å². The van der Waals surface area contributed by atoms with E-state index in [2.05, 4.69) is 43.8 Å². The van der Waals surface area contributed by atoms with Gasteiger partial charge < -0.3 is 9.15 Å². The number of nitrogens with zero attached hydrogens (tertiary/aromatic N) is 3. The molecular formula is C18H27N3O2. The van der Waals surface area contributed by atoms with Gasteiger partial charge in [0.25, 0.3) is 0 Å². The zero-order valence-electron chi connectivity index (χ0n) is 14.8. The number of morpholine rings is 1. The Kier molecular flexibility index (Phi) is 4.34. The maximum Gasteiger partial charge on any atom is 0.109 e. The van der Waals surface area contributed by atoms with E-state index in [0.717, 1.165) is 43.3 Å². The van der Waals surface area contributed by atoms with Gasteiger partial charge in [-0.25, -0.2) is 0 Å². The van der Waals surface area contributed by atoms with Gasteiger partial charge in [-0.3, -0.25) is 9.58 Å². The molecule has 3 heterocycles. The van der Waals surface area contributed by atoms with Crippen LogP contribution in [0.15, 0.2) is 22.9 Å². The fraction of sp³-hybridized carbons (Fsp3) is 0.611. The van der Waals surface area contributed by atoms with Gasteiger partial charge in [0.05, 0.1) is 18.9 Å². The lowest BCUT2D eigenvalue weighted by Gasteiger charge is -2.32. The molecular weight excluding hydrogens is 290 g/mol. The van der Waals surface area contributed by atoms with E-state index in [4.69, 9.17) is 9.15 Å². The highest BCUT2D eigenvalue weighted by Crippen LogP contribution is 2.29. The summed E-state index contributed by atoms with van der Waals surface area (Å²) in [7, 11) is 1.94. The summed E-state index contributed by atoms with van der Waals surface area (Å²) < 4.78 is 13.7. The molecule has 23 heavy (non-hydrogen) atoms. The van der Waals surface area contributed by atoms with Crippen LogP contribution in [0.1, 0.15) is 49.5 Å². The molecule has 1 unspecified atom stereocenters. The van der Waals surface area contributed by atoms with Crippen molar-refractivity contribution in [3.63, 3.8) is 0 Å². The first-order valence-corrected chi connectivity index (χ1v) is 8.25. The molecule has 126 valence electrons. The zero-order valence-corrected chi connectivity index (χ0v) is 14.8. The Morgan fingerprint density at radius 3 is 2.74 bits per heavy atom. The third kappa shape index (κ3) is 3.67. The average molecular weight is 317 g/mol. The maximum absolute atomic E-state index is 5.96. The lowest BCUT2D eigenvalue weighted by atomic mass is 9.93. The van der Waals surface area contributed by atoms with Crippen LogP contribution in [0.2, 0.25) is 0 Å². The standard InChI is InChI=1S/C18H27N3O2/c1-13-14(8-17(23-13)18(2,3)4)11-21-6-7-22-16(12-21)15-9-19-20(5)10-15/h8-10,16H,6-7,11-12H2,1-5H3. The lowest BCUT2D eigenvalue weighted by molar-refractivity contribution is -0.0330. The molecule has 0 aromatic carbocycles. The zero-order chi connectivity index (χ0) is 16.6.